The summed E-state index contributed by atoms with van der Waals surface area (Å²) in [5, 5.41) is 0.675. The average molecular weight is 151 g/mol. The van der Waals surface area contributed by atoms with Gasteiger partial charge in [0.05, 0.1) is 6.67 Å². The third-order valence-electron chi connectivity index (χ3n) is 1.08. The lowest BCUT2D eigenvalue weighted by molar-refractivity contribution is 0.457. The van der Waals surface area contributed by atoms with Crippen LogP contribution in [0.1, 0.15) is 25.7 Å². The Hall–Kier alpha value is -0.0400. The van der Waals surface area contributed by atoms with Crippen LogP contribution in [0.25, 0.3) is 0 Å². The molecule has 0 atom stereocenters. The van der Waals surface area contributed by atoms with Gasteiger partial charge in [-0.25, -0.2) is 0 Å². The van der Waals surface area contributed by atoms with Crippen LogP contribution in [0.15, 0.2) is 11.6 Å². The van der Waals surface area contributed by atoms with Gasteiger partial charge in [-0.1, -0.05) is 24.6 Å². The van der Waals surface area contributed by atoms with E-state index in [0.29, 0.717) is 11.5 Å². The number of unbranched alkanes of at least 4 members (excludes halogenated alkanes) is 2. The van der Waals surface area contributed by atoms with Crippen LogP contribution in [0, 0.1) is 0 Å². The molecule has 0 spiro atoms. The summed E-state index contributed by atoms with van der Waals surface area (Å²) in [6, 6.07) is 0. The number of allylic oxidation sites excluding steroid dienone is 1. The Morgan fingerprint density at radius 2 is 2.00 bits per heavy atom. The second-order valence-corrected chi connectivity index (χ2v) is 2.55. The van der Waals surface area contributed by atoms with Gasteiger partial charge in [0, 0.05) is 5.03 Å². The predicted molar refractivity (Wildman–Crippen MR) is 39.4 cm³/mol. The van der Waals surface area contributed by atoms with Crippen molar-refractivity contribution < 1.29 is 4.39 Å². The minimum atomic E-state index is -0.214. The lowest BCUT2D eigenvalue weighted by Gasteiger charge is -1.94. The molecule has 0 aromatic rings. The van der Waals surface area contributed by atoms with E-state index >= 15 is 0 Å². The third-order valence-corrected chi connectivity index (χ3v) is 1.27. The smallest absolute Gasteiger partial charge is 0.0894 e. The van der Waals surface area contributed by atoms with Gasteiger partial charge in [-0.3, -0.25) is 4.39 Å². The van der Waals surface area contributed by atoms with Crippen LogP contribution in [0.3, 0.4) is 0 Å². The van der Waals surface area contributed by atoms with Gasteiger partial charge in [0.15, 0.2) is 0 Å². The van der Waals surface area contributed by atoms with Crippen molar-refractivity contribution >= 4 is 11.6 Å². The summed E-state index contributed by atoms with van der Waals surface area (Å²) in [7, 11) is 0. The zero-order valence-electron chi connectivity index (χ0n) is 5.50. The van der Waals surface area contributed by atoms with E-state index < -0.39 is 0 Å². The fraction of sp³-hybridized carbons (Fsp3) is 0.714. The fourth-order valence-corrected chi connectivity index (χ4v) is 0.722. The number of hydrogen-bond acceptors (Lipinski definition) is 0. The molecule has 0 aliphatic rings. The standard InChI is InChI=1S/C7H12ClF/c1-7(8)5-3-2-4-6-9/h1-6H2. The Morgan fingerprint density at radius 3 is 2.44 bits per heavy atom. The molecule has 0 unspecified atom stereocenters. The van der Waals surface area contributed by atoms with E-state index in [1.807, 2.05) is 0 Å². The molecular weight excluding hydrogens is 139 g/mol. The van der Waals surface area contributed by atoms with Crippen molar-refractivity contribution in [3.05, 3.63) is 11.6 Å². The lowest BCUT2D eigenvalue weighted by atomic mass is 10.2. The molecule has 0 N–H and O–H groups in total. The molecule has 0 bridgehead atoms. The molecule has 54 valence electrons. The van der Waals surface area contributed by atoms with Crippen LogP contribution in [0.2, 0.25) is 0 Å². The van der Waals surface area contributed by atoms with Crippen molar-refractivity contribution in [2.24, 2.45) is 0 Å². The fourth-order valence-electron chi connectivity index (χ4n) is 0.588. The molecular formula is C7H12ClF. The maximum Gasteiger partial charge on any atom is 0.0894 e. The maximum atomic E-state index is 11.5. The van der Waals surface area contributed by atoms with E-state index in [4.69, 9.17) is 11.6 Å². The first kappa shape index (κ1) is 8.96. The van der Waals surface area contributed by atoms with E-state index in [0.717, 1.165) is 19.3 Å². The first-order valence-corrected chi connectivity index (χ1v) is 3.54. The van der Waals surface area contributed by atoms with Crippen molar-refractivity contribution in [2.45, 2.75) is 25.7 Å². The van der Waals surface area contributed by atoms with Gasteiger partial charge >= 0.3 is 0 Å². The summed E-state index contributed by atoms with van der Waals surface area (Å²) in [6.07, 6.45) is 3.36. The topological polar surface area (TPSA) is 0 Å². The van der Waals surface area contributed by atoms with E-state index in [9.17, 15) is 4.39 Å². The summed E-state index contributed by atoms with van der Waals surface area (Å²) in [6.45, 7) is 3.31. The van der Waals surface area contributed by atoms with E-state index in [1.165, 1.54) is 0 Å². The summed E-state index contributed by atoms with van der Waals surface area (Å²) in [5.74, 6) is 0. The van der Waals surface area contributed by atoms with Crippen molar-refractivity contribution in [3.8, 4) is 0 Å². The Kier molecular flexibility index (Phi) is 6.06. The highest BCUT2D eigenvalue weighted by atomic mass is 35.5. The highest BCUT2D eigenvalue weighted by Crippen LogP contribution is 2.09. The molecule has 0 saturated heterocycles. The third kappa shape index (κ3) is 7.96. The van der Waals surface area contributed by atoms with Crippen LogP contribution in [0.4, 0.5) is 4.39 Å². The van der Waals surface area contributed by atoms with Gasteiger partial charge in [-0.2, -0.15) is 0 Å². The molecule has 0 saturated carbocycles. The minimum Gasteiger partial charge on any atom is -0.251 e. The highest BCUT2D eigenvalue weighted by Gasteiger charge is 1.89. The Balaban J connectivity index is 2.83. The van der Waals surface area contributed by atoms with E-state index in [1.54, 1.807) is 0 Å². The van der Waals surface area contributed by atoms with E-state index in [2.05, 4.69) is 6.58 Å². The lowest BCUT2D eigenvalue weighted by Crippen LogP contribution is -1.78. The minimum absolute atomic E-state index is 0.214. The monoisotopic (exact) mass is 150 g/mol. The van der Waals surface area contributed by atoms with Gasteiger partial charge in [-0.05, 0) is 19.3 Å². The van der Waals surface area contributed by atoms with Gasteiger partial charge in [0.25, 0.3) is 0 Å². The summed E-state index contributed by atoms with van der Waals surface area (Å²) in [4.78, 5) is 0. The molecule has 0 aromatic heterocycles. The zero-order chi connectivity index (χ0) is 7.11. The van der Waals surface area contributed by atoms with Gasteiger partial charge < -0.3 is 0 Å². The second kappa shape index (κ2) is 6.09. The quantitative estimate of drug-likeness (QED) is 0.528. The number of rotatable bonds is 5. The van der Waals surface area contributed by atoms with Crippen molar-refractivity contribution in [3.63, 3.8) is 0 Å². The number of hydrogen-bond donors (Lipinski definition) is 0. The normalized spacial score (nSPS) is 9.56. The Bertz CT molecular complexity index is 81.0. The summed E-state index contributed by atoms with van der Waals surface area (Å²) >= 11 is 5.47. The number of alkyl halides is 1. The van der Waals surface area contributed by atoms with E-state index in [-0.39, 0.29) is 6.67 Å². The Labute approximate surface area is 60.7 Å². The SMILES string of the molecule is C=C(Cl)CCCCCF. The molecule has 0 nitrogen and oxygen atoms in total. The first-order valence-electron chi connectivity index (χ1n) is 3.16. The molecule has 0 amide bonds. The van der Waals surface area contributed by atoms with Crippen LogP contribution in [-0.4, -0.2) is 6.67 Å². The van der Waals surface area contributed by atoms with Crippen LogP contribution >= 0.6 is 11.6 Å². The molecule has 9 heavy (non-hydrogen) atoms. The van der Waals surface area contributed by atoms with Crippen LogP contribution in [-0.2, 0) is 0 Å². The predicted octanol–water partition coefficient (Wildman–Crippen LogP) is 3.27. The van der Waals surface area contributed by atoms with Crippen molar-refractivity contribution in [1.29, 1.82) is 0 Å². The molecule has 0 aliphatic carbocycles. The molecule has 2 heteroatoms. The van der Waals surface area contributed by atoms with Crippen LogP contribution < -0.4 is 0 Å². The summed E-state index contributed by atoms with van der Waals surface area (Å²) in [5.41, 5.74) is 0. The molecule has 0 rings (SSSR count). The van der Waals surface area contributed by atoms with Gasteiger partial charge in [-0.15, -0.1) is 0 Å². The molecule has 0 heterocycles. The van der Waals surface area contributed by atoms with Gasteiger partial charge in [0.1, 0.15) is 0 Å². The maximum absolute atomic E-state index is 11.5. The zero-order valence-corrected chi connectivity index (χ0v) is 6.25. The van der Waals surface area contributed by atoms with Crippen molar-refractivity contribution in [2.75, 3.05) is 6.67 Å². The first-order chi connectivity index (χ1) is 4.27. The van der Waals surface area contributed by atoms with Crippen LogP contribution in [0.5, 0.6) is 0 Å². The second-order valence-electron chi connectivity index (χ2n) is 2.02. The molecule has 0 radical (unpaired) electrons. The van der Waals surface area contributed by atoms with Crippen molar-refractivity contribution in [1.82, 2.24) is 0 Å². The van der Waals surface area contributed by atoms with Gasteiger partial charge in [0.2, 0.25) is 0 Å². The molecule has 0 fully saturated rings. The Morgan fingerprint density at radius 1 is 1.33 bits per heavy atom. The largest absolute Gasteiger partial charge is 0.251 e. The average Bonchev–Trinajstić information content (AvgIpc) is 1.80. The molecule has 0 aliphatic heterocycles. The number of halogens is 2. The summed E-state index contributed by atoms with van der Waals surface area (Å²) < 4.78 is 11.5. The molecule has 0 aromatic carbocycles. The highest BCUT2D eigenvalue weighted by molar-refractivity contribution is 6.29.